The zero-order valence-electron chi connectivity index (χ0n) is 18.3. The maximum absolute atomic E-state index is 12.2. The van der Waals surface area contributed by atoms with E-state index < -0.39 is 10.8 Å². The number of nitro benzene ring substituents is 1. The third kappa shape index (κ3) is 6.89. The van der Waals surface area contributed by atoms with Gasteiger partial charge in [0, 0.05) is 23.4 Å². The van der Waals surface area contributed by atoms with Crippen molar-refractivity contribution >= 4 is 29.4 Å². The summed E-state index contributed by atoms with van der Waals surface area (Å²) >= 11 is 0. The smallest absolute Gasteiger partial charge is 0.271 e. The lowest BCUT2D eigenvalue weighted by molar-refractivity contribution is -0.384. The Bertz CT molecular complexity index is 1200. The number of carbonyl (C=O) groups is 2. The van der Waals surface area contributed by atoms with Crippen LogP contribution in [0.1, 0.15) is 22.8 Å². The van der Waals surface area contributed by atoms with Gasteiger partial charge in [0.05, 0.1) is 17.7 Å². The van der Waals surface area contributed by atoms with Crippen LogP contribution in [0.3, 0.4) is 0 Å². The molecule has 10 nitrogen and oxygen atoms in total. The molecule has 0 heterocycles. The third-order valence-electron chi connectivity index (χ3n) is 4.38. The number of rotatable bonds is 10. The van der Waals surface area contributed by atoms with Gasteiger partial charge >= 0.3 is 0 Å². The van der Waals surface area contributed by atoms with Crippen molar-refractivity contribution in [3.8, 4) is 11.5 Å². The normalized spacial score (nSPS) is 10.5. The Labute approximate surface area is 195 Å². The SMILES string of the molecule is CCOc1cc(/C=N/NC(=O)c2cccc([N+](=O)[O-])c2)ccc1OCC(=O)Nc1ccccc1. The summed E-state index contributed by atoms with van der Waals surface area (Å²) in [7, 11) is 0. The first-order valence-electron chi connectivity index (χ1n) is 10.3. The van der Waals surface area contributed by atoms with Crippen molar-refractivity contribution in [2.75, 3.05) is 18.5 Å². The summed E-state index contributed by atoms with van der Waals surface area (Å²) in [5.41, 5.74) is 3.51. The molecule has 0 fully saturated rings. The molecule has 0 aliphatic carbocycles. The van der Waals surface area contributed by atoms with Crippen molar-refractivity contribution in [3.05, 3.63) is 94.0 Å². The molecule has 0 saturated carbocycles. The average Bonchev–Trinajstić information content (AvgIpc) is 2.84. The summed E-state index contributed by atoms with van der Waals surface area (Å²) < 4.78 is 11.2. The second-order valence-electron chi connectivity index (χ2n) is 6.85. The molecule has 34 heavy (non-hydrogen) atoms. The molecule has 0 atom stereocenters. The van der Waals surface area contributed by atoms with Crippen LogP contribution in [0.4, 0.5) is 11.4 Å². The van der Waals surface area contributed by atoms with Crippen molar-refractivity contribution in [1.82, 2.24) is 5.43 Å². The number of amides is 2. The van der Waals surface area contributed by atoms with E-state index >= 15 is 0 Å². The first-order chi connectivity index (χ1) is 16.5. The van der Waals surface area contributed by atoms with E-state index in [0.717, 1.165) is 6.07 Å². The fourth-order valence-electron chi connectivity index (χ4n) is 2.85. The van der Waals surface area contributed by atoms with Crippen molar-refractivity contribution in [2.45, 2.75) is 6.92 Å². The second-order valence-corrected chi connectivity index (χ2v) is 6.85. The Kier molecular flexibility index (Phi) is 8.28. The predicted molar refractivity (Wildman–Crippen MR) is 126 cm³/mol. The number of anilines is 1. The van der Waals surface area contributed by atoms with Gasteiger partial charge in [-0.1, -0.05) is 24.3 Å². The fraction of sp³-hybridized carbons (Fsp3) is 0.125. The van der Waals surface area contributed by atoms with Crippen LogP contribution in [0, 0.1) is 10.1 Å². The first-order valence-corrected chi connectivity index (χ1v) is 10.3. The molecule has 0 aliphatic rings. The number of nitrogens with zero attached hydrogens (tertiary/aromatic N) is 2. The van der Waals surface area contributed by atoms with Gasteiger partial charge < -0.3 is 14.8 Å². The summed E-state index contributed by atoms with van der Waals surface area (Å²) in [6.45, 7) is 1.98. The summed E-state index contributed by atoms with van der Waals surface area (Å²) in [5, 5.41) is 17.5. The highest BCUT2D eigenvalue weighted by Crippen LogP contribution is 2.28. The molecule has 174 valence electrons. The molecule has 2 N–H and O–H groups in total. The molecule has 0 aliphatic heterocycles. The van der Waals surface area contributed by atoms with Crippen LogP contribution in [0.25, 0.3) is 0 Å². The van der Waals surface area contributed by atoms with Crippen molar-refractivity contribution in [2.24, 2.45) is 5.10 Å². The molecule has 0 saturated heterocycles. The predicted octanol–water partition coefficient (Wildman–Crippen LogP) is 3.77. The number of benzene rings is 3. The number of hydrazone groups is 1. The third-order valence-corrected chi connectivity index (χ3v) is 4.38. The molecular weight excluding hydrogens is 440 g/mol. The van der Waals surface area contributed by atoms with E-state index in [4.69, 9.17) is 9.47 Å². The monoisotopic (exact) mass is 462 g/mol. The first kappa shape index (κ1) is 23.9. The lowest BCUT2D eigenvalue weighted by atomic mass is 10.2. The van der Waals surface area contributed by atoms with Crippen molar-refractivity contribution in [3.63, 3.8) is 0 Å². The minimum Gasteiger partial charge on any atom is -0.490 e. The van der Waals surface area contributed by atoms with E-state index in [1.165, 1.54) is 24.4 Å². The van der Waals surface area contributed by atoms with E-state index in [9.17, 15) is 19.7 Å². The molecule has 3 aromatic carbocycles. The highest BCUT2D eigenvalue weighted by atomic mass is 16.6. The zero-order chi connectivity index (χ0) is 24.3. The molecule has 0 spiro atoms. The molecule has 0 radical (unpaired) electrons. The van der Waals surface area contributed by atoms with E-state index in [0.29, 0.717) is 29.4 Å². The fourth-order valence-corrected chi connectivity index (χ4v) is 2.85. The van der Waals surface area contributed by atoms with E-state index in [2.05, 4.69) is 15.8 Å². The highest BCUT2D eigenvalue weighted by Gasteiger charge is 2.11. The maximum Gasteiger partial charge on any atom is 0.271 e. The molecule has 3 rings (SSSR count). The standard InChI is InChI=1S/C24H22N4O6/c1-2-33-22-13-17(15-25-27-24(30)18-7-6-10-20(14-18)28(31)32)11-12-21(22)34-16-23(29)26-19-8-4-3-5-9-19/h3-15H,2,16H2,1H3,(H,26,29)(H,27,30)/b25-15+. The number of nitro groups is 1. The van der Waals surface area contributed by atoms with E-state index in [-0.39, 0.29) is 23.8 Å². The highest BCUT2D eigenvalue weighted by molar-refractivity contribution is 5.95. The van der Waals surface area contributed by atoms with Crippen LogP contribution >= 0.6 is 0 Å². The minimum atomic E-state index is -0.589. The van der Waals surface area contributed by atoms with Crippen LogP contribution in [0.5, 0.6) is 11.5 Å². The van der Waals surface area contributed by atoms with Gasteiger partial charge in [0.15, 0.2) is 18.1 Å². The second kappa shape index (κ2) is 11.8. The number of hydrogen-bond donors (Lipinski definition) is 2. The molecular formula is C24H22N4O6. The zero-order valence-corrected chi connectivity index (χ0v) is 18.3. The van der Waals surface area contributed by atoms with Crippen LogP contribution in [-0.4, -0.2) is 36.2 Å². The van der Waals surface area contributed by atoms with Crippen molar-refractivity contribution in [1.29, 1.82) is 0 Å². The number of para-hydroxylation sites is 1. The van der Waals surface area contributed by atoms with Gasteiger partial charge in [-0.3, -0.25) is 19.7 Å². The van der Waals surface area contributed by atoms with Gasteiger partial charge in [0.2, 0.25) is 0 Å². The topological polar surface area (TPSA) is 132 Å². The number of hydrogen-bond acceptors (Lipinski definition) is 7. The lowest BCUT2D eigenvalue weighted by Gasteiger charge is -2.12. The van der Waals surface area contributed by atoms with Gasteiger partial charge in [-0.15, -0.1) is 0 Å². The Morgan fingerprint density at radius 1 is 1.00 bits per heavy atom. The molecule has 10 heteroatoms. The van der Waals surface area contributed by atoms with E-state index in [1.54, 1.807) is 30.3 Å². The maximum atomic E-state index is 12.2. The van der Waals surface area contributed by atoms with Gasteiger partial charge in [0.1, 0.15) is 0 Å². The van der Waals surface area contributed by atoms with Gasteiger partial charge in [0.25, 0.3) is 17.5 Å². The molecule has 2 amide bonds. The van der Waals surface area contributed by atoms with Crippen LogP contribution < -0.4 is 20.2 Å². The summed E-state index contributed by atoms with van der Waals surface area (Å²) in [5.74, 6) is -0.121. The number of ether oxygens (including phenoxy) is 2. The Hall–Kier alpha value is -4.73. The average molecular weight is 462 g/mol. The van der Waals surface area contributed by atoms with E-state index in [1.807, 2.05) is 25.1 Å². The number of non-ortho nitro benzene ring substituents is 1. The minimum absolute atomic E-state index is 0.110. The van der Waals surface area contributed by atoms with Gasteiger partial charge in [-0.2, -0.15) is 5.10 Å². The molecule has 0 aromatic heterocycles. The summed E-state index contributed by atoms with van der Waals surface area (Å²) in [4.78, 5) is 34.6. The Morgan fingerprint density at radius 2 is 1.79 bits per heavy atom. The Morgan fingerprint density at radius 3 is 2.53 bits per heavy atom. The molecule has 0 bridgehead atoms. The van der Waals surface area contributed by atoms with Crippen LogP contribution in [0.2, 0.25) is 0 Å². The van der Waals surface area contributed by atoms with Crippen LogP contribution in [-0.2, 0) is 4.79 Å². The summed E-state index contributed by atoms with van der Waals surface area (Å²) in [6.07, 6.45) is 1.39. The number of carbonyl (C=O) groups excluding carboxylic acids is 2. The van der Waals surface area contributed by atoms with Crippen LogP contribution in [0.15, 0.2) is 77.9 Å². The molecule has 0 unspecified atom stereocenters. The Balaban J connectivity index is 1.61. The number of nitrogens with one attached hydrogen (secondary N) is 2. The quantitative estimate of drug-likeness (QED) is 0.268. The lowest BCUT2D eigenvalue weighted by Crippen LogP contribution is -2.20. The molecule has 3 aromatic rings. The van der Waals surface area contributed by atoms with Gasteiger partial charge in [-0.05, 0) is 48.9 Å². The van der Waals surface area contributed by atoms with Gasteiger partial charge in [-0.25, -0.2) is 5.43 Å². The van der Waals surface area contributed by atoms with Crippen molar-refractivity contribution < 1.29 is 24.0 Å². The largest absolute Gasteiger partial charge is 0.490 e. The summed E-state index contributed by atoms with van der Waals surface area (Å²) in [6, 6.07) is 19.3.